The van der Waals surface area contributed by atoms with Crippen molar-refractivity contribution in [1.29, 1.82) is 0 Å². The number of para-hydroxylation sites is 1. The van der Waals surface area contributed by atoms with E-state index in [4.69, 9.17) is 13.9 Å². The Morgan fingerprint density at radius 3 is 2.52 bits per heavy atom. The summed E-state index contributed by atoms with van der Waals surface area (Å²) in [5.74, 6) is -1.16. The number of esters is 1. The first-order valence-electron chi connectivity index (χ1n) is 10.3. The highest BCUT2D eigenvalue weighted by Gasteiger charge is 2.23. The van der Waals surface area contributed by atoms with Crippen LogP contribution in [0.4, 0.5) is 4.79 Å². The van der Waals surface area contributed by atoms with Crippen LogP contribution in [-0.2, 0) is 16.1 Å². The Kier molecular flexibility index (Phi) is 6.26. The Hall–Kier alpha value is -4.33. The van der Waals surface area contributed by atoms with Crippen molar-refractivity contribution in [2.75, 3.05) is 0 Å². The van der Waals surface area contributed by atoms with Crippen LogP contribution in [0.1, 0.15) is 18.9 Å². The van der Waals surface area contributed by atoms with Gasteiger partial charge in [0.25, 0.3) is 0 Å². The van der Waals surface area contributed by atoms with E-state index in [1.165, 1.54) is 6.07 Å². The van der Waals surface area contributed by atoms with Gasteiger partial charge in [-0.3, -0.25) is 4.79 Å². The lowest BCUT2D eigenvalue weighted by Gasteiger charge is -2.16. The molecule has 1 heterocycles. The van der Waals surface area contributed by atoms with Crippen molar-refractivity contribution in [3.63, 3.8) is 0 Å². The summed E-state index contributed by atoms with van der Waals surface area (Å²) >= 11 is 0. The fourth-order valence-corrected chi connectivity index (χ4v) is 3.36. The third-order valence-electron chi connectivity index (χ3n) is 5.05. The van der Waals surface area contributed by atoms with Crippen molar-refractivity contribution in [1.82, 2.24) is 5.32 Å². The van der Waals surface area contributed by atoms with E-state index in [9.17, 15) is 19.5 Å². The first kappa shape index (κ1) is 21.9. The molecule has 0 aliphatic heterocycles. The van der Waals surface area contributed by atoms with E-state index in [1.54, 1.807) is 31.2 Å². The summed E-state index contributed by atoms with van der Waals surface area (Å²) in [7, 11) is 0. The molecule has 0 saturated carbocycles. The van der Waals surface area contributed by atoms with E-state index in [-0.39, 0.29) is 35.5 Å². The normalized spacial score (nSPS) is 11.8. The van der Waals surface area contributed by atoms with Crippen molar-refractivity contribution >= 4 is 34.0 Å². The van der Waals surface area contributed by atoms with Gasteiger partial charge >= 0.3 is 12.1 Å². The van der Waals surface area contributed by atoms with Crippen LogP contribution < -0.4 is 15.5 Å². The molecule has 0 aliphatic carbocycles. The Bertz CT molecular complexity index is 1380. The molecule has 0 radical (unpaired) electrons. The summed E-state index contributed by atoms with van der Waals surface area (Å²) in [5.41, 5.74) is 0.831. The number of carbonyl (C=O) groups is 2. The van der Waals surface area contributed by atoms with Gasteiger partial charge in [-0.2, -0.15) is 0 Å². The quantitative estimate of drug-likeness (QED) is 0.258. The molecular formula is C25H21NO7. The zero-order chi connectivity index (χ0) is 23.4. The van der Waals surface area contributed by atoms with Gasteiger partial charge in [0.15, 0.2) is 0 Å². The molecule has 8 nitrogen and oxygen atoms in total. The smallest absolute Gasteiger partial charge is 0.408 e. The van der Waals surface area contributed by atoms with Gasteiger partial charge in [0, 0.05) is 12.1 Å². The number of benzene rings is 3. The highest BCUT2D eigenvalue weighted by atomic mass is 16.6. The lowest BCUT2D eigenvalue weighted by molar-refractivity contribution is -0.136. The molecule has 4 aromatic rings. The number of phenols is 1. The maximum Gasteiger partial charge on any atom is 0.408 e. The van der Waals surface area contributed by atoms with Gasteiger partial charge in [-0.15, -0.1) is 0 Å². The van der Waals surface area contributed by atoms with Crippen molar-refractivity contribution in [2.45, 2.75) is 26.0 Å². The monoisotopic (exact) mass is 447 g/mol. The zero-order valence-electron chi connectivity index (χ0n) is 17.7. The molecule has 1 amide bonds. The molecule has 3 aromatic carbocycles. The van der Waals surface area contributed by atoms with Gasteiger partial charge in [-0.25, -0.2) is 9.59 Å². The average Bonchev–Trinajstić information content (AvgIpc) is 2.81. The standard InChI is InChI=1S/C25H21NO7/c1-2-18(26-25(30)31-14-15-8-4-3-5-9-15)24(29)32-16-12-19(27)22-21(13-16)33-20-11-7-6-10-17(20)23(22)28/h3-13,18,27H,2,14H2,1H3,(H,26,30)/t18-/m1/s1. The van der Waals surface area contributed by atoms with E-state index in [0.29, 0.717) is 11.0 Å². The van der Waals surface area contributed by atoms with E-state index in [2.05, 4.69) is 5.32 Å². The molecule has 168 valence electrons. The Labute approximate surface area is 188 Å². The summed E-state index contributed by atoms with van der Waals surface area (Å²) in [4.78, 5) is 37.4. The van der Waals surface area contributed by atoms with Crippen molar-refractivity contribution in [3.8, 4) is 11.5 Å². The number of rotatable bonds is 6. The minimum atomic E-state index is -0.977. The van der Waals surface area contributed by atoms with Gasteiger partial charge in [0.05, 0.1) is 5.39 Å². The maximum atomic E-state index is 12.7. The number of nitrogens with one attached hydrogen (secondary N) is 1. The largest absolute Gasteiger partial charge is 0.507 e. The molecule has 4 rings (SSSR count). The second kappa shape index (κ2) is 9.44. The number of fused-ring (bicyclic) bond motifs is 2. The van der Waals surface area contributed by atoms with Gasteiger partial charge in [0.2, 0.25) is 5.43 Å². The van der Waals surface area contributed by atoms with E-state index in [1.807, 2.05) is 30.3 Å². The average molecular weight is 447 g/mol. The Balaban J connectivity index is 1.49. The molecule has 8 heteroatoms. The fourth-order valence-electron chi connectivity index (χ4n) is 3.36. The molecule has 0 aliphatic rings. The number of alkyl carbamates (subject to hydrolysis) is 1. The van der Waals surface area contributed by atoms with Crippen LogP contribution in [0, 0.1) is 0 Å². The third-order valence-corrected chi connectivity index (χ3v) is 5.05. The molecule has 0 fully saturated rings. The molecular weight excluding hydrogens is 426 g/mol. The summed E-state index contributed by atoms with van der Waals surface area (Å²) in [6.45, 7) is 1.76. The molecule has 1 aromatic heterocycles. The summed E-state index contributed by atoms with van der Waals surface area (Å²) in [6.07, 6.45) is -0.514. The zero-order valence-corrected chi connectivity index (χ0v) is 17.7. The number of phenolic OH excluding ortho intramolecular Hbond substituents is 1. The van der Waals surface area contributed by atoms with Gasteiger partial charge < -0.3 is 24.3 Å². The van der Waals surface area contributed by atoms with Crippen molar-refractivity contribution in [3.05, 3.63) is 82.5 Å². The first-order valence-corrected chi connectivity index (χ1v) is 10.3. The minimum absolute atomic E-state index is 0.0110. The van der Waals surface area contributed by atoms with Crippen LogP contribution in [-0.4, -0.2) is 23.2 Å². The second-order valence-electron chi connectivity index (χ2n) is 7.33. The number of hydrogen-bond donors (Lipinski definition) is 2. The number of aromatic hydroxyl groups is 1. The molecule has 0 spiro atoms. The highest BCUT2D eigenvalue weighted by molar-refractivity contribution is 5.94. The maximum absolute atomic E-state index is 12.7. The van der Waals surface area contributed by atoms with Crippen LogP contribution in [0.15, 0.2) is 75.9 Å². The summed E-state index contributed by atoms with van der Waals surface area (Å²) < 4.78 is 16.2. The van der Waals surface area contributed by atoms with Crippen LogP contribution in [0.3, 0.4) is 0 Å². The van der Waals surface area contributed by atoms with Crippen LogP contribution in [0.5, 0.6) is 11.5 Å². The second-order valence-corrected chi connectivity index (χ2v) is 7.33. The lowest BCUT2D eigenvalue weighted by atomic mass is 10.1. The number of ether oxygens (including phenoxy) is 2. The molecule has 2 N–H and O–H groups in total. The number of amides is 1. The predicted molar refractivity (Wildman–Crippen MR) is 121 cm³/mol. The van der Waals surface area contributed by atoms with E-state index >= 15 is 0 Å². The van der Waals surface area contributed by atoms with Crippen molar-refractivity contribution in [2.24, 2.45) is 0 Å². The van der Waals surface area contributed by atoms with Crippen LogP contribution in [0.2, 0.25) is 0 Å². The van der Waals surface area contributed by atoms with Crippen LogP contribution in [0.25, 0.3) is 21.9 Å². The fraction of sp³-hybridized carbons (Fsp3) is 0.160. The highest BCUT2D eigenvalue weighted by Crippen LogP contribution is 2.30. The third kappa shape index (κ3) is 4.79. The Morgan fingerprint density at radius 2 is 1.76 bits per heavy atom. The molecule has 0 bridgehead atoms. The first-order chi connectivity index (χ1) is 16.0. The van der Waals surface area contributed by atoms with Crippen molar-refractivity contribution < 1.29 is 28.6 Å². The number of carbonyl (C=O) groups excluding carboxylic acids is 2. The Morgan fingerprint density at radius 1 is 1.03 bits per heavy atom. The summed E-state index contributed by atoms with van der Waals surface area (Å²) in [6, 6.07) is 17.3. The molecule has 0 saturated heterocycles. The van der Waals surface area contributed by atoms with Gasteiger partial charge in [-0.05, 0) is 24.1 Å². The summed E-state index contributed by atoms with van der Waals surface area (Å²) in [5, 5.41) is 13.2. The van der Waals surface area contributed by atoms with Gasteiger partial charge in [-0.1, -0.05) is 49.4 Å². The van der Waals surface area contributed by atoms with E-state index in [0.717, 1.165) is 11.6 Å². The number of hydrogen-bond acceptors (Lipinski definition) is 7. The molecule has 33 heavy (non-hydrogen) atoms. The molecule has 0 unspecified atom stereocenters. The van der Waals surface area contributed by atoms with E-state index < -0.39 is 23.5 Å². The topological polar surface area (TPSA) is 115 Å². The lowest BCUT2D eigenvalue weighted by Crippen LogP contribution is -2.42. The SMILES string of the molecule is CC[C@@H](NC(=O)OCc1ccccc1)C(=O)Oc1cc(O)c2c(=O)c3ccccc3oc2c1. The van der Waals surface area contributed by atoms with Gasteiger partial charge in [0.1, 0.15) is 40.7 Å². The predicted octanol–water partition coefficient (Wildman–Crippen LogP) is 4.26. The minimum Gasteiger partial charge on any atom is -0.507 e. The molecule has 1 atom stereocenters. The van der Waals surface area contributed by atoms with Crippen LogP contribution >= 0.6 is 0 Å².